The van der Waals surface area contributed by atoms with Crippen LogP contribution in [0.15, 0.2) is 36.5 Å². The number of H-pyrrole nitrogens is 1. The number of benzene rings is 1. The van der Waals surface area contributed by atoms with E-state index in [9.17, 15) is 4.79 Å². The zero-order valence-corrected chi connectivity index (χ0v) is 12.3. The molecule has 0 unspecified atom stereocenters. The third-order valence-electron chi connectivity index (χ3n) is 3.69. The Labute approximate surface area is 128 Å². The van der Waals surface area contributed by atoms with Crippen LogP contribution in [0, 0.1) is 0 Å². The number of anilines is 2. The number of carbonyl (C=O) groups excluding carboxylic acids is 1. The van der Waals surface area contributed by atoms with Crippen molar-refractivity contribution in [2.75, 3.05) is 36.8 Å². The molecule has 2 aromatic rings. The second kappa shape index (κ2) is 5.69. The Morgan fingerprint density at radius 1 is 1.14 bits per heavy atom. The Hall–Kier alpha value is -2.14. The van der Waals surface area contributed by atoms with Gasteiger partial charge < -0.3 is 20.5 Å². The summed E-state index contributed by atoms with van der Waals surface area (Å²) in [6.07, 6.45) is 1.64. The second-order valence-corrected chi connectivity index (χ2v) is 5.54. The van der Waals surface area contributed by atoms with Gasteiger partial charge in [-0.1, -0.05) is 11.6 Å². The lowest BCUT2D eigenvalue weighted by Gasteiger charge is -2.36. The molecule has 5 nitrogen and oxygen atoms in total. The monoisotopic (exact) mass is 304 g/mol. The standard InChI is InChI=1S/C15H17ClN4O/c16-11-1-3-13(4-2-11)19-5-7-20(8-6-19)15(21)14-9-12(17)10-18-14/h1-4,9-10,18H,5-8,17H2. The summed E-state index contributed by atoms with van der Waals surface area (Å²) in [6, 6.07) is 9.46. The number of amides is 1. The SMILES string of the molecule is Nc1c[nH]c(C(=O)N2CCN(c3ccc(Cl)cc3)CC2)c1. The van der Waals surface area contributed by atoms with Gasteiger partial charge in [-0.15, -0.1) is 0 Å². The van der Waals surface area contributed by atoms with Gasteiger partial charge in [0.15, 0.2) is 0 Å². The van der Waals surface area contributed by atoms with Crippen LogP contribution in [-0.4, -0.2) is 42.0 Å². The summed E-state index contributed by atoms with van der Waals surface area (Å²) < 4.78 is 0. The Bertz CT molecular complexity index is 629. The minimum Gasteiger partial charge on any atom is -0.397 e. The summed E-state index contributed by atoms with van der Waals surface area (Å²) in [4.78, 5) is 19.3. The van der Waals surface area contributed by atoms with Crippen molar-refractivity contribution in [3.63, 3.8) is 0 Å². The lowest BCUT2D eigenvalue weighted by atomic mass is 10.2. The van der Waals surface area contributed by atoms with Crippen molar-refractivity contribution in [1.29, 1.82) is 0 Å². The van der Waals surface area contributed by atoms with E-state index in [-0.39, 0.29) is 5.91 Å². The summed E-state index contributed by atoms with van der Waals surface area (Å²) in [5, 5.41) is 0.733. The van der Waals surface area contributed by atoms with E-state index in [4.69, 9.17) is 17.3 Å². The number of aromatic amines is 1. The van der Waals surface area contributed by atoms with Gasteiger partial charge in [0.25, 0.3) is 5.91 Å². The number of hydrogen-bond acceptors (Lipinski definition) is 3. The summed E-state index contributed by atoms with van der Waals surface area (Å²) in [6.45, 7) is 3.01. The van der Waals surface area contributed by atoms with E-state index in [1.807, 2.05) is 29.2 Å². The topological polar surface area (TPSA) is 65.4 Å². The Kier molecular flexibility index (Phi) is 3.75. The van der Waals surface area contributed by atoms with Crippen LogP contribution in [0.3, 0.4) is 0 Å². The van der Waals surface area contributed by atoms with Crippen molar-refractivity contribution in [2.24, 2.45) is 0 Å². The molecular formula is C15H17ClN4O. The highest BCUT2D eigenvalue weighted by molar-refractivity contribution is 6.30. The molecule has 0 bridgehead atoms. The van der Waals surface area contributed by atoms with Gasteiger partial charge in [-0.05, 0) is 30.3 Å². The molecule has 0 spiro atoms. The van der Waals surface area contributed by atoms with E-state index >= 15 is 0 Å². The number of piperazine rings is 1. The summed E-state index contributed by atoms with van der Waals surface area (Å²) in [5.74, 6) is 0.00227. The molecule has 0 saturated carbocycles. The molecule has 1 amide bonds. The molecule has 3 N–H and O–H groups in total. The van der Waals surface area contributed by atoms with Crippen LogP contribution in [0.4, 0.5) is 11.4 Å². The fourth-order valence-corrected chi connectivity index (χ4v) is 2.65. The minimum atomic E-state index is 0.00227. The molecule has 0 radical (unpaired) electrons. The van der Waals surface area contributed by atoms with E-state index in [1.54, 1.807) is 12.3 Å². The molecule has 1 aliphatic heterocycles. The highest BCUT2D eigenvalue weighted by Crippen LogP contribution is 2.20. The van der Waals surface area contributed by atoms with Gasteiger partial charge in [0, 0.05) is 48.8 Å². The van der Waals surface area contributed by atoms with E-state index in [0.717, 1.165) is 23.8 Å². The number of nitrogens with zero attached hydrogens (tertiary/aromatic N) is 2. The van der Waals surface area contributed by atoms with Crippen LogP contribution in [0.1, 0.15) is 10.5 Å². The lowest BCUT2D eigenvalue weighted by Crippen LogP contribution is -2.48. The molecule has 0 atom stereocenters. The zero-order valence-electron chi connectivity index (χ0n) is 11.6. The number of rotatable bonds is 2. The zero-order chi connectivity index (χ0) is 14.8. The van der Waals surface area contributed by atoms with Crippen LogP contribution >= 0.6 is 11.6 Å². The minimum absolute atomic E-state index is 0.00227. The van der Waals surface area contributed by atoms with Gasteiger partial charge in [0.2, 0.25) is 0 Å². The van der Waals surface area contributed by atoms with E-state index < -0.39 is 0 Å². The van der Waals surface area contributed by atoms with Gasteiger partial charge in [-0.25, -0.2) is 0 Å². The Morgan fingerprint density at radius 3 is 2.38 bits per heavy atom. The molecule has 1 aliphatic rings. The quantitative estimate of drug-likeness (QED) is 0.894. The van der Waals surface area contributed by atoms with E-state index in [0.29, 0.717) is 24.5 Å². The third kappa shape index (κ3) is 2.97. The Morgan fingerprint density at radius 2 is 1.81 bits per heavy atom. The Balaban J connectivity index is 1.62. The largest absolute Gasteiger partial charge is 0.397 e. The van der Waals surface area contributed by atoms with E-state index in [1.165, 1.54) is 0 Å². The first-order valence-corrected chi connectivity index (χ1v) is 7.25. The second-order valence-electron chi connectivity index (χ2n) is 5.10. The average Bonchev–Trinajstić information content (AvgIpc) is 2.94. The van der Waals surface area contributed by atoms with Gasteiger partial charge in [0.1, 0.15) is 5.69 Å². The first-order chi connectivity index (χ1) is 10.1. The number of nitrogens with two attached hydrogens (primary N) is 1. The molecule has 1 aromatic heterocycles. The molecule has 1 aromatic carbocycles. The van der Waals surface area contributed by atoms with Crippen LogP contribution in [0.2, 0.25) is 5.02 Å². The number of halogens is 1. The van der Waals surface area contributed by atoms with Crippen molar-refractivity contribution in [1.82, 2.24) is 9.88 Å². The van der Waals surface area contributed by atoms with Crippen molar-refractivity contribution in [3.8, 4) is 0 Å². The maximum Gasteiger partial charge on any atom is 0.270 e. The van der Waals surface area contributed by atoms with E-state index in [2.05, 4.69) is 9.88 Å². The fourth-order valence-electron chi connectivity index (χ4n) is 2.52. The van der Waals surface area contributed by atoms with Crippen LogP contribution in [0.5, 0.6) is 0 Å². The fraction of sp³-hybridized carbons (Fsp3) is 0.267. The first kappa shape index (κ1) is 13.8. The van der Waals surface area contributed by atoms with Crippen molar-refractivity contribution < 1.29 is 4.79 Å². The maximum atomic E-state index is 12.3. The molecule has 110 valence electrons. The third-order valence-corrected chi connectivity index (χ3v) is 3.95. The molecule has 0 aliphatic carbocycles. The molecule has 1 fully saturated rings. The normalized spacial score (nSPS) is 15.3. The highest BCUT2D eigenvalue weighted by Gasteiger charge is 2.23. The van der Waals surface area contributed by atoms with Crippen molar-refractivity contribution >= 4 is 28.9 Å². The number of carbonyl (C=O) groups is 1. The van der Waals surface area contributed by atoms with Gasteiger partial charge >= 0.3 is 0 Å². The van der Waals surface area contributed by atoms with Gasteiger partial charge in [-0.3, -0.25) is 4.79 Å². The van der Waals surface area contributed by atoms with Crippen LogP contribution in [-0.2, 0) is 0 Å². The predicted molar refractivity (Wildman–Crippen MR) is 84.8 cm³/mol. The molecule has 6 heteroatoms. The maximum absolute atomic E-state index is 12.3. The van der Waals surface area contributed by atoms with Crippen LogP contribution < -0.4 is 10.6 Å². The average molecular weight is 305 g/mol. The van der Waals surface area contributed by atoms with Crippen LogP contribution in [0.25, 0.3) is 0 Å². The predicted octanol–water partition coefficient (Wildman–Crippen LogP) is 2.21. The number of nitrogen functional groups attached to an aromatic ring is 1. The molecular weight excluding hydrogens is 288 g/mol. The van der Waals surface area contributed by atoms with Gasteiger partial charge in [0.05, 0.1) is 0 Å². The number of hydrogen-bond donors (Lipinski definition) is 2. The van der Waals surface area contributed by atoms with Crippen molar-refractivity contribution in [2.45, 2.75) is 0 Å². The lowest BCUT2D eigenvalue weighted by molar-refractivity contribution is 0.0741. The van der Waals surface area contributed by atoms with Gasteiger partial charge in [-0.2, -0.15) is 0 Å². The summed E-state index contributed by atoms with van der Waals surface area (Å²) >= 11 is 5.90. The molecule has 3 rings (SSSR count). The molecule has 1 saturated heterocycles. The molecule has 21 heavy (non-hydrogen) atoms. The summed E-state index contributed by atoms with van der Waals surface area (Å²) in [7, 11) is 0. The number of aromatic nitrogens is 1. The van der Waals surface area contributed by atoms with Crippen molar-refractivity contribution in [3.05, 3.63) is 47.2 Å². The molecule has 2 heterocycles. The summed E-state index contributed by atoms with van der Waals surface area (Å²) in [5.41, 5.74) is 7.90. The smallest absolute Gasteiger partial charge is 0.270 e. The highest BCUT2D eigenvalue weighted by atomic mass is 35.5. The number of nitrogens with one attached hydrogen (secondary N) is 1. The first-order valence-electron chi connectivity index (χ1n) is 6.87.